The minimum Gasteiger partial charge on any atom is -0.278 e. The standard InChI is InChI=1S/C18H23NO2/c1-4-11-18(3)12-5-6-13-19(17(18)21)16(20)15-9-7-14(2)8-10-15/h4,7-10H,1,5-6,11-13H2,2-3H3/t18-/m1/s1. The van der Waals surface area contributed by atoms with Gasteiger partial charge in [0, 0.05) is 12.1 Å². The fraction of sp³-hybridized carbons (Fsp3) is 0.444. The first-order valence-electron chi connectivity index (χ1n) is 7.52. The van der Waals surface area contributed by atoms with E-state index in [9.17, 15) is 9.59 Å². The molecule has 1 heterocycles. The molecule has 21 heavy (non-hydrogen) atoms. The second-order valence-corrected chi connectivity index (χ2v) is 6.14. The highest BCUT2D eigenvalue weighted by molar-refractivity contribution is 6.06. The lowest BCUT2D eigenvalue weighted by molar-refractivity contribution is -0.137. The Hall–Kier alpha value is -1.90. The molecule has 1 saturated heterocycles. The van der Waals surface area contributed by atoms with Crippen molar-refractivity contribution in [2.75, 3.05) is 6.54 Å². The van der Waals surface area contributed by atoms with Crippen molar-refractivity contribution in [1.29, 1.82) is 0 Å². The van der Waals surface area contributed by atoms with Gasteiger partial charge in [-0.25, -0.2) is 0 Å². The minimum absolute atomic E-state index is 0.0644. The Labute approximate surface area is 126 Å². The number of amides is 2. The quantitative estimate of drug-likeness (QED) is 0.627. The predicted octanol–water partition coefficient (Wildman–Crippen LogP) is 3.73. The van der Waals surface area contributed by atoms with E-state index in [1.54, 1.807) is 18.2 Å². The van der Waals surface area contributed by atoms with Gasteiger partial charge in [-0.15, -0.1) is 6.58 Å². The van der Waals surface area contributed by atoms with Crippen molar-refractivity contribution in [2.45, 2.75) is 39.5 Å². The summed E-state index contributed by atoms with van der Waals surface area (Å²) in [4.78, 5) is 26.9. The first-order valence-corrected chi connectivity index (χ1v) is 7.52. The fourth-order valence-electron chi connectivity index (χ4n) is 2.87. The van der Waals surface area contributed by atoms with Crippen LogP contribution in [0.3, 0.4) is 0 Å². The number of likely N-dealkylation sites (tertiary alicyclic amines) is 1. The molecule has 0 bridgehead atoms. The van der Waals surface area contributed by atoms with E-state index in [4.69, 9.17) is 0 Å². The third-order valence-electron chi connectivity index (χ3n) is 4.26. The summed E-state index contributed by atoms with van der Waals surface area (Å²) in [6, 6.07) is 7.39. The molecule has 2 amide bonds. The average molecular weight is 285 g/mol. The van der Waals surface area contributed by atoms with Gasteiger partial charge in [0.2, 0.25) is 5.91 Å². The third kappa shape index (κ3) is 3.23. The summed E-state index contributed by atoms with van der Waals surface area (Å²) >= 11 is 0. The van der Waals surface area contributed by atoms with Crippen molar-refractivity contribution in [3.05, 3.63) is 48.0 Å². The van der Waals surface area contributed by atoms with Crippen LogP contribution in [0.15, 0.2) is 36.9 Å². The molecule has 3 heteroatoms. The number of carbonyl (C=O) groups is 2. The average Bonchev–Trinajstić information content (AvgIpc) is 2.60. The Morgan fingerprint density at radius 1 is 1.33 bits per heavy atom. The summed E-state index contributed by atoms with van der Waals surface area (Å²) in [7, 11) is 0. The number of nitrogens with zero attached hydrogens (tertiary/aromatic N) is 1. The van der Waals surface area contributed by atoms with E-state index in [-0.39, 0.29) is 11.8 Å². The highest BCUT2D eigenvalue weighted by atomic mass is 16.2. The lowest BCUT2D eigenvalue weighted by atomic mass is 9.81. The molecule has 1 aliphatic rings. The molecule has 0 aromatic heterocycles. The van der Waals surface area contributed by atoms with E-state index >= 15 is 0 Å². The van der Waals surface area contributed by atoms with Crippen molar-refractivity contribution in [1.82, 2.24) is 4.90 Å². The molecule has 0 radical (unpaired) electrons. The van der Waals surface area contributed by atoms with Crippen molar-refractivity contribution < 1.29 is 9.59 Å². The Morgan fingerprint density at radius 2 is 2.00 bits per heavy atom. The van der Waals surface area contributed by atoms with Crippen molar-refractivity contribution in [3.63, 3.8) is 0 Å². The largest absolute Gasteiger partial charge is 0.278 e. The molecule has 1 aliphatic heterocycles. The van der Waals surface area contributed by atoms with Crippen LogP contribution in [0.5, 0.6) is 0 Å². The molecule has 0 aliphatic carbocycles. The van der Waals surface area contributed by atoms with Gasteiger partial charge in [-0.1, -0.05) is 37.1 Å². The third-order valence-corrected chi connectivity index (χ3v) is 4.26. The molecule has 1 atom stereocenters. The number of aryl methyl sites for hydroxylation is 1. The molecule has 1 aromatic rings. The lowest BCUT2D eigenvalue weighted by Gasteiger charge is -2.30. The van der Waals surface area contributed by atoms with Gasteiger partial charge in [-0.2, -0.15) is 0 Å². The Balaban J connectivity index is 2.28. The number of hydrogen-bond acceptors (Lipinski definition) is 2. The minimum atomic E-state index is -0.501. The van der Waals surface area contributed by atoms with Gasteiger partial charge in [0.25, 0.3) is 5.91 Å². The number of carbonyl (C=O) groups excluding carboxylic acids is 2. The predicted molar refractivity (Wildman–Crippen MR) is 84.0 cm³/mol. The number of hydrogen-bond donors (Lipinski definition) is 0. The summed E-state index contributed by atoms with van der Waals surface area (Å²) in [6.07, 6.45) is 5.04. The van der Waals surface area contributed by atoms with Crippen LogP contribution in [-0.2, 0) is 4.79 Å². The van der Waals surface area contributed by atoms with E-state index in [0.717, 1.165) is 24.8 Å². The maximum atomic E-state index is 12.8. The number of imide groups is 1. The molecule has 3 nitrogen and oxygen atoms in total. The highest BCUT2D eigenvalue weighted by Gasteiger charge is 2.39. The zero-order valence-corrected chi connectivity index (χ0v) is 12.9. The fourth-order valence-corrected chi connectivity index (χ4v) is 2.87. The first kappa shape index (κ1) is 15.5. The van der Waals surface area contributed by atoms with Gasteiger partial charge >= 0.3 is 0 Å². The van der Waals surface area contributed by atoms with E-state index in [1.165, 1.54) is 4.90 Å². The van der Waals surface area contributed by atoms with Gasteiger partial charge in [0.05, 0.1) is 5.41 Å². The normalized spacial score (nSPS) is 22.8. The lowest BCUT2D eigenvalue weighted by Crippen LogP contribution is -2.44. The van der Waals surface area contributed by atoms with Gasteiger partial charge in [0.15, 0.2) is 0 Å². The molecule has 0 spiro atoms. The Morgan fingerprint density at radius 3 is 2.62 bits per heavy atom. The van der Waals surface area contributed by atoms with Crippen LogP contribution in [0.2, 0.25) is 0 Å². The molecule has 0 unspecified atom stereocenters. The SMILES string of the molecule is C=CC[C@]1(C)CCCCN(C(=O)c2ccc(C)cc2)C1=O. The number of rotatable bonds is 3. The molecule has 2 rings (SSSR count). The van der Waals surface area contributed by atoms with Crippen LogP contribution in [0.1, 0.15) is 48.5 Å². The van der Waals surface area contributed by atoms with Crippen LogP contribution in [0.4, 0.5) is 0 Å². The van der Waals surface area contributed by atoms with Crippen molar-refractivity contribution in [3.8, 4) is 0 Å². The van der Waals surface area contributed by atoms with Crippen LogP contribution >= 0.6 is 0 Å². The van der Waals surface area contributed by atoms with E-state index < -0.39 is 5.41 Å². The Kier molecular flexibility index (Phi) is 4.61. The molecule has 1 aromatic carbocycles. The van der Waals surface area contributed by atoms with Crippen LogP contribution in [-0.4, -0.2) is 23.3 Å². The molecular weight excluding hydrogens is 262 g/mol. The van der Waals surface area contributed by atoms with Crippen molar-refractivity contribution >= 4 is 11.8 Å². The topological polar surface area (TPSA) is 37.4 Å². The number of allylic oxidation sites excluding steroid dienone is 1. The second-order valence-electron chi connectivity index (χ2n) is 6.14. The van der Waals surface area contributed by atoms with Crippen molar-refractivity contribution in [2.24, 2.45) is 5.41 Å². The molecule has 0 saturated carbocycles. The summed E-state index contributed by atoms with van der Waals surface area (Å²) in [5, 5.41) is 0. The smallest absolute Gasteiger partial charge is 0.260 e. The molecule has 112 valence electrons. The van der Waals surface area contributed by atoms with E-state index in [1.807, 2.05) is 26.0 Å². The monoisotopic (exact) mass is 285 g/mol. The zero-order chi connectivity index (χ0) is 15.5. The summed E-state index contributed by atoms with van der Waals surface area (Å²) in [6.45, 7) is 8.18. The van der Waals surface area contributed by atoms with Gasteiger partial charge in [-0.3, -0.25) is 14.5 Å². The molecule has 0 N–H and O–H groups in total. The Bertz CT molecular complexity index is 547. The van der Waals surface area contributed by atoms with Gasteiger partial charge in [-0.05, 0) is 38.3 Å². The summed E-state index contributed by atoms with van der Waals surface area (Å²) < 4.78 is 0. The maximum Gasteiger partial charge on any atom is 0.260 e. The highest BCUT2D eigenvalue weighted by Crippen LogP contribution is 2.34. The van der Waals surface area contributed by atoms with E-state index in [0.29, 0.717) is 18.5 Å². The van der Waals surface area contributed by atoms with E-state index in [2.05, 4.69) is 6.58 Å². The number of benzene rings is 1. The van der Waals surface area contributed by atoms with Gasteiger partial charge in [0.1, 0.15) is 0 Å². The van der Waals surface area contributed by atoms with Crippen LogP contribution < -0.4 is 0 Å². The summed E-state index contributed by atoms with van der Waals surface area (Å²) in [5.41, 5.74) is 1.18. The zero-order valence-electron chi connectivity index (χ0n) is 12.9. The van der Waals surface area contributed by atoms with Gasteiger partial charge < -0.3 is 0 Å². The first-order chi connectivity index (χ1) is 9.98. The second kappa shape index (κ2) is 6.25. The van der Waals surface area contributed by atoms with Crippen LogP contribution in [0, 0.1) is 12.3 Å². The van der Waals surface area contributed by atoms with Crippen LogP contribution in [0.25, 0.3) is 0 Å². The molecule has 1 fully saturated rings. The molecular formula is C18H23NO2. The maximum absolute atomic E-state index is 12.8. The summed E-state index contributed by atoms with van der Waals surface area (Å²) in [5.74, 6) is -0.248.